The van der Waals surface area contributed by atoms with Crippen LogP contribution in [0.5, 0.6) is 11.5 Å². The quantitative estimate of drug-likeness (QED) is 0.775. The van der Waals surface area contributed by atoms with Crippen LogP contribution in [0.1, 0.15) is 12.5 Å². The van der Waals surface area contributed by atoms with E-state index in [1.165, 1.54) is 0 Å². The molecule has 0 atom stereocenters. The van der Waals surface area contributed by atoms with Crippen LogP contribution in [0.4, 0.5) is 0 Å². The van der Waals surface area contributed by atoms with E-state index in [-0.39, 0.29) is 6.61 Å². The van der Waals surface area contributed by atoms with Crippen molar-refractivity contribution >= 4 is 21.9 Å². The second-order valence-electron chi connectivity index (χ2n) is 3.73. The summed E-state index contributed by atoms with van der Waals surface area (Å²) in [6, 6.07) is 3.78. The van der Waals surface area contributed by atoms with Gasteiger partial charge in [-0.25, -0.2) is 4.79 Å². The molecular weight excluding hydrogens is 314 g/mol. The van der Waals surface area contributed by atoms with Gasteiger partial charge >= 0.3 is 5.97 Å². The summed E-state index contributed by atoms with van der Waals surface area (Å²) >= 11 is 3.41. The molecular formula is C13H18BrNO4. The molecule has 106 valence electrons. The highest BCUT2D eigenvalue weighted by Crippen LogP contribution is 2.36. The van der Waals surface area contributed by atoms with Crippen molar-refractivity contribution in [3.63, 3.8) is 0 Å². The third-order valence-corrected chi connectivity index (χ3v) is 2.90. The number of esters is 1. The van der Waals surface area contributed by atoms with Crippen molar-refractivity contribution in [3.8, 4) is 11.5 Å². The number of halogens is 1. The van der Waals surface area contributed by atoms with Gasteiger partial charge < -0.3 is 19.5 Å². The predicted octanol–water partition coefficient (Wildman–Crippen LogP) is 2.12. The maximum Gasteiger partial charge on any atom is 0.344 e. The number of hydrogen-bond donors (Lipinski definition) is 1. The van der Waals surface area contributed by atoms with E-state index in [0.29, 0.717) is 24.7 Å². The van der Waals surface area contributed by atoms with Crippen molar-refractivity contribution in [2.45, 2.75) is 13.5 Å². The highest BCUT2D eigenvalue weighted by molar-refractivity contribution is 9.10. The van der Waals surface area contributed by atoms with Crippen LogP contribution in [0.3, 0.4) is 0 Å². The third kappa shape index (κ3) is 4.72. The number of hydrogen-bond acceptors (Lipinski definition) is 5. The minimum atomic E-state index is -0.407. The van der Waals surface area contributed by atoms with Gasteiger partial charge in [-0.3, -0.25) is 0 Å². The lowest BCUT2D eigenvalue weighted by molar-refractivity contribution is -0.145. The molecule has 0 spiro atoms. The maximum atomic E-state index is 11.3. The monoisotopic (exact) mass is 331 g/mol. The van der Waals surface area contributed by atoms with Crippen LogP contribution in [0.25, 0.3) is 0 Å². The van der Waals surface area contributed by atoms with E-state index in [1.807, 2.05) is 19.2 Å². The van der Waals surface area contributed by atoms with Gasteiger partial charge in [0.25, 0.3) is 0 Å². The minimum absolute atomic E-state index is 0.145. The van der Waals surface area contributed by atoms with Gasteiger partial charge in [0, 0.05) is 6.54 Å². The Bertz CT molecular complexity index is 437. The van der Waals surface area contributed by atoms with Crippen LogP contribution in [0.2, 0.25) is 0 Å². The van der Waals surface area contributed by atoms with Crippen molar-refractivity contribution in [3.05, 3.63) is 22.2 Å². The summed E-state index contributed by atoms with van der Waals surface area (Å²) in [5.41, 5.74) is 1.05. The molecule has 1 N–H and O–H groups in total. The number of nitrogens with one attached hydrogen (secondary N) is 1. The Kier molecular flexibility index (Phi) is 6.66. The van der Waals surface area contributed by atoms with Crippen LogP contribution in [-0.2, 0) is 16.1 Å². The fourth-order valence-corrected chi connectivity index (χ4v) is 2.16. The highest BCUT2D eigenvalue weighted by Gasteiger charge is 2.13. The van der Waals surface area contributed by atoms with Gasteiger partial charge in [-0.1, -0.05) is 0 Å². The highest BCUT2D eigenvalue weighted by atomic mass is 79.9. The predicted molar refractivity (Wildman–Crippen MR) is 75.6 cm³/mol. The normalized spacial score (nSPS) is 10.1. The number of carbonyl (C=O) groups excluding carboxylic acids is 1. The van der Waals surface area contributed by atoms with E-state index >= 15 is 0 Å². The summed E-state index contributed by atoms with van der Waals surface area (Å²) in [7, 11) is 3.42. The van der Waals surface area contributed by atoms with Crippen molar-refractivity contribution in [1.82, 2.24) is 5.32 Å². The zero-order valence-corrected chi connectivity index (χ0v) is 12.9. The van der Waals surface area contributed by atoms with Crippen molar-refractivity contribution in [2.24, 2.45) is 0 Å². The maximum absolute atomic E-state index is 11.3. The molecule has 0 fully saturated rings. The fourth-order valence-electron chi connectivity index (χ4n) is 1.55. The first-order chi connectivity index (χ1) is 9.12. The number of benzene rings is 1. The van der Waals surface area contributed by atoms with Gasteiger partial charge in [0.1, 0.15) is 0 Å². The molecule has 0 unspecified atom stereocenters. The summed E-state index contributed by atoms with van der Waals surface area (Å²) in [5.74, 6) is 0.662. The van der Waals surface area contributed by atoms with E-state index in [2.05, 4.69) is 21.2 Å². The molecule has 1 aromatic carbocycles. The SMILES string of the molecule is CCOC(=O)COc1c(Br)cc(CNC)cc1OC. The second kappa shape index (κ2) is 8.01. The molecule has 0 aliphatic rings. The Labute approximate surface area is 121 Å². The molecule has 19 heavy (non-hydrogen) atoms. The summed E-state index contributed by atoms with van der Waals surface area (Å²) in [4.78, 5) is 11.3. The van der Waals surface area contributed by atoms with Crippen LogP contribution in [0, 0.1) is 0 Å². The average Bonchev–Trinajstić information content (AvgIpc) is 2.37. The number of ether oxygens (including phenoxy) is 3. The van der Waals surface area contributed by atoms with Gasteiger partial charge in [-0.05, 0) is 47.6 Å². The van der Waals surface area contributed by atoms with Crippen LogP contribution < -0.4 is 14.8 Å². The summed E-state index contributed by atoms with van der Waals surface area (Å²) in [6.45, 7) is 2.66. The molecule has 0 aliphatic heterocycles. The topological polar surface area (TPSA) is 56.8 Å². The van der Waals surface area contributed by atoms with Crippen molar-refractivity contribution in [1.29, 1.82) is 0 Å². The van der Waals surface area contributed by atoms with E-state index in [0.717, 1.165) is 10.0 Å². The van der Waals surface area contributed by atoms with Crippen LogP contribution in [0.15, 0.2) is 16.6 Å². The Morgan fingerprint density at radius 2 is 2.16 bits per heavy atom. The zero-order chi connectivity index (χ0) is 14.3. The Morgan fingerprint density at radius 1 is 1.42 bits per heavy atom. The van der Waals surface area contributed by atoms with E-state index in [1.54, 1.807) is 14.0 Å². The standard InChI is InChI=1S/C13H18BrNO4/c1-4-18-12(16)8-19-13-10(14)5-9(7-15-2)6-11(13)17-3/h5-6,15H,4,7-8H2,1-3H3. The van der Waals surface area contributed by atoms with E-state index < -0.39 is 5.97 Å². The Hall–Kier alpha value is -1.27. The van der Waals surface area contributed by atoms with Gasteiger partial charge in [-0.15, -0.1) is 0 Å². The molecule has 5 nitrogen and oxygen atoms in total. The fraction of sp³-hybridized carbons (Fsp3) is 0.462. The van der Waals surface area contributed by atoms with E-state index in [9.17, 15) is 4.79 Å². The molecule has 1 aromatic rings. The Balaban J connectivity index is 2.84. The molecule has 0 radical (unpaired) electrons. The first kappa shape index (κ1) is 15.8. The Morgan fingerprint density at radius 3 is 2.74 bits per heavy atom. The second-order valence-corrected chi connectivity index (χ2v) is 4.59. The molecule has 0 aliphatic carbocycles. The first-order valence-electron chi connectivity index (χ1n) is 5.91. The molecule has 0 bridgehead atoms. The van der Waals surface area contributed by atoms with Crippen LogP contribution >= 0.6 is 15.9 Å². The zero-order valence-electron chi connectivity index (χ0n) is 11.3. The smallest absolute Gasteiger partial charge is 0.344 e. The van der Waals surface area contributed by atoms with E-state index in [4.69, 9.17) is 14.2 Å². The van der Waals surface area contributed by atoms with Gasteiger partial charge in [-0.2, -0.15) is 0 Å². The van der Waals surface area contributed by atoms with Crippen LogP contribution in [-0.4, -0.2) is 33.3 Å². The summed E-state index contributed by atoms with van der Waals surface area (Å²) in [5, 5.41) is 3.06. The molecule has 0 heterocycles. The molecule has 0 aromatic heterocycles. The molecule has 0 amide bonds. The number of methoxy groups -OCH3 is 1. The third-order valence-electron chi connectivity index (χ3n) is 2.31. The largest absolute Gasteiger partial charge is 0.493 e. The molecule has 6 heteroatoms. The van der Waals surface area contributed by atoms with Gasteiger partial charge in [0.05, 0.1) is 18.2 Å². The summed E-state index contributed by atoms with van der Waals surface area (Å²) in [6.07, 6.45) is 0. The lowest BCUT2D eigenvalue weighted by Crippen LogP contribution is -2.15. The molecule has 0 saturated carbocycles. The molecule has 1 rings (SSSR count). The lowest BCUT2D eigenvalue weighted by atomic mass is 10.2. The van der Waals surface area contributed by atoms with Gasteiger partial charge in [0.15, 0.2) is 18.1 Å². The average molecular weight is 332 g/mol. The minimum Gasteiger partial charge on any atom is -0.493 e. The van der Waals surface area contributed by atoms with Gasteiger partial charge in [0.2, 0.25) is 0 Å². The number of rotatable bonds is 7. The summed E-state index contributed by atoms with van der Waals surface area (Å²) < 4.78 is 16.3. The first-order valence-corrected chi connectivity index (χ1v) is 6.71. The lowest BCUT2D eigenvalue weighted by Gasteiger charge is -2.14. The van der Waals surface area contributed by atoms with Crippen molar-refractivity contribution in [2.75, 3.05) is 27.4 Å². The number of carbonyl (C=O) groups is 1. The van der Waals surface area contributed by atoms with Crippen molar-refractivity contribution < 1.29 is 19.0 Å². The molecule has 0 saturated heterocycles.